The molecule has 1 heterocycles. The largest absolute Gasteiger partial charge is 0.487 e. The second-order valence-electron chi connectivity index (χ2n) is 3.39. The lowest BCUT2D eigenvalue weighted by Gasteiger charge is -2.07. The fraction of sp³-hybridized carbons (Fsp3) is 0.154. The Morgan fingerprint density at radius 1 is 1.17 bits per heavy atom. The first-order valence-corrected chi connectivity index (χ1v) is 5.35. The second kappa shape index (κ2) is 5.86. The zero-order chi connectivity index (χ0) is 12.8. The highest BCUT2D eigenvalue weighted by Gasteiger charge is 2.09. The number of carbonyl (C=O) groups is 1. The highest BCUT2D eigenvalue weighted by atomic mass is 19.1. The molecular weight excluding hydrogens is 239 g/mol. The van der Waals surface area contributed by atoms with E-state index in [1.807, 2.05) is 0 Å². The van der Waals surface area contributed by atoms with E-state index in [9.17, 15) is 9.18 Å². The van der Waals surface area contributed by atoms with Gasteiger partial charge >= 0.3 is 5.97 Å². The van der Waals surface area contributed by atoms with Gasteiger partial charge in [-0.3, -0.25) is 0 Å². The molecule has 0 aliphatic carbocycles. The smallest absolute Gasteiger partial charge is 0.374 e. The number of furan rings is 1. The fourth-order valence-corrected chi connectivity index (χ4v) is 1.31. The van der Waals surface area contributed by atoms with E-state index in [0.717, 1.165) is 0 Å². The highest BCUT2D eigenvalue weighted by molar-refractivity contribution is 5.86. The summed E-state index contributed by atoms with van der Waals surface area (Å²) in [5.74, 6) is -0.764. The molecule has 94 valence electrons. The van der Waals surface area contributed by atoms with Crippen LogP contribution in [-0.4, -0.2) is 19.2 Å². The van der Waals surface area contributed by atoms with Crippen molar-refractivity contribution >= 4 is 5.97 Å². The number of halogens is 1. The maximum atomic E-state index is 13.2. The summed E-state index contributed by atoms with van der Waals surface area (Å²) in [6, 6.07) is 9.12. The van der Waals surface area contributed by atoms with Crippen LogP contribution in [0.4, 0.5) is 4.39 Å². The molecule has 18 heavy (non-hydrogen) atoms. The van der Waals surface area contributed by atoms with Crippen LogP contribution in [0, 0.1) is 5.82 Å². The number of para-hydroxylation sites is 1. The summed E-state index contributed by atoms with van der Waals surface area (Å²) in [7, 11) is 0. The first-order valence-electron chi connectivity index (χ1n) is 5.35. The van der Waals surface area contributed by atoms with Crippen molar-refractivity contribution in [2.24, 2.45) is 0 Å². The van der Waals surface area contributed by atoms with Gasteiger partial charge in [0.15, 0.2) is 11.6 Å². The Kier molecular flexibility index (Phi) is 3.96. The molecule has 0 saturated heterocycles. The van der Waals surface area contributed by atoms with E-state index in [0.29, 0.717) is 0 Å². The van der Waals surface area contributed by atoms with Gasteiger partial charge in [0.1, 0.15) is 13.2 Å². The molecule has 1 aromatic heterocycles. The molecule has 0 fully saturated rings. The van der Waals surface area contributed by atoms with E-state index >= 15 is 0 Å². The van der Waals surface area contributed by atoms with Crippen molar-refractivity contribution in [1.82, 2.24) is 0 Å². The van der Waals surface area contributed by atoms with Crippen molar-refractivity contribution in [1.29, 1.82) is 0 Å². The molecule has 0 aliphatic rings. The van der Waals surface area contributed by atoms with Crippen LogP contribution in [-0.2, 0) is 4.74 Å². The van der Waals surface area contributed by atoms with Crippen LogP contribution in [0.25, 0.3) is 0 Å². The molecule has 0 saturated carbocycles. The van der Waals surface area contributed by atoms with Gasteiger partial charge in [-0.1, -0.05) is 12.1 Å². The maximum absolute atomic E-state index is 13.2. The van der Waals surface area contributed by atoms with Gasteiger partial charge in [0.2, 0.25) is 5.76 Å². The third-order valence-electron chi connectivity index (χ3n) is 2.13. The summed E-state index contributed by atoms with van der Waals surface area (Å²) in [5, 5.41) is 0. The number of rotatable bonds is 5. The Bertz CT molecular complexity index is 507. The Balaban J connectivity index is 1.74. The van der Waals surface area contributed by atoms with Gasteiger partial charge in [-0.25, -0.2) is 9.18 Å². The molecule has 0 bridgehead atoms. The highest BCUT2D eigenvalue weighted by Crippen LogP contribution is 2.14. The lowest BCUT2D eigenvalue weighted by atomic mass is 10.3. The van der Waals surface area contributed by atoms with Crippen molar-refractivity contribution < 1.29 is 23.1 Å². The van der Waals surface area contributed by atoms with Crippen molar-refractivity contribution in [2.75, 3.05) is 13.2 Å². The summed E-state index contributed by atoms with van der Waals surface area (Å²) in [4.78, 5) is 11.3. The number of ether oxygens (including phenoxy) is 2. The molecule has 0 N–H and O–H groups in total. The third kappa shape index (κ3) is 3.10. The summed E-state index contributed by atoms with van der Waals surface area (Å²) >= 11 is 0. The van der Waals surface area contributed by atoms with E-state index in [4.69, 9.17) is 13.9 Å². The van der Waals surface area contributed by atoms with E-state index in [1.165, 1.54) is 24.5 Å². The van der Waals surface area contributed by atoms with Crippen LogP contribution < -0.4 is 4.74 Å². The Labute approximate surface area is 103 Å². The molecule has 0 radical (unpaired) electrons. The molecule has 0 aliphatic heterocycles. The van der Waals surface area contributed by atoms with Gasteiger partial charge in [-0.15, -0.1) is 0 Å². The Morgan fingerprint density at radius 3 is 2.72 bits per heavy atom. The minimum atomic E-state index is -0.572. The van der Waals surface area contributed by atoms with Crippen molar-refractivity contribution in [3.63, 3.8) is 0 Å². The molecule has 1 aromatic carbocycles. The van der Waals surface area contributed by atoms with Crippen molar-refractivity contribution in [2.45, 2.75) is 0 Å². The first kappa shape index (κ1) is 12.2. The maximum Gasteiger partial charge on any atom is 0.374 e. The number of carbonyl (C=O) groups excluding carboxylic acids is 1. The molecule has 0 amide bonds. The minimum Gasteiger partial charge on any atom is -0.487 e. The van der Waals surface area contributed by atoms with Crippen molar-refractivity contribution in [3.8, 4) is 5.75 Å². The van der Waals surface area contributed by atoms with E-state index in [1.54, 1.807) is 18.2 Å². The summed E-state index contributed by atoms with van der Waals surface area (Å²) in [6.45, 7) is 0.0985. The predicted octanol–water partition coefficient (Wildman–Crippen LogP) is 2.65. The molecule has 0 spiro atoms. The fourth-order valence-electron chi connectivity index (χ4n) is 1.31. The monoisotopic (exact) mass is 250 g/mol. The van der Waals surface area contributed by atoms with Crippen LogP contribution in [0.1, 0.15) is 10.6 Å². The van der Waals surface area contributed by atoms with Gasteiger partial charge in [0.25, 0.3) is 0 Å². The predicted molar refractivity (Wildman–Crippen MR) is 60.9 cm³/mol. The summed E-state index contributed by atoms with van der Waals surface area (Å²) in [5.41, 5.74) is 0. The zero-order valence-electron chi connectivity index (χ0n) is 9.47. The van der Waals surface area contributed by atoms with E-state index in [-0.39, 0.29) is 24.7 Å². The molecule has 0 atom stereocenters. The lowest BCUT2D eigenvalue weighted by molar-refractivity contribution is 0.0413. The van der Waals surface area contributed by atoms with E-state index < -0.39 is 11.8 Å². The molecule has 4 nitrogen and oxygen atoms in total. The topological polar surface area (TPSA) is 48.7 Å². The lowest BCUT2D eigenvalue weighted by Crippen LogP contribution is -2.12. The van der Waals surface area contributed by atoms with Crippen LogP contribution in [0.2, 0.25) is 0 Å². The molecule has 0 unspecified atom stereocenters. The third-order valence-corrected chi connectivity index (χ3v) is 2.13. The normalized spacial score (nSPS) is 10.1. The van der Waals surface area contributed by atoms with Gasteiger partial charge in [0.05, 0.1) is 6.26 Å². The van der Waals surface area contributed by atoms with Crippen LogP contribution >= 0.6 is 0 Å². The number of hydrogen-bond acceptors (Lipinski definition) is 4. The zero-order valence-corrected chi connectivity index (χ0v) is 9.47. The SMILES string of the molecule is O=C(OCCOc1ccccc1F)c1ccco1. The number of hydrogen-bond donors (Lipinski definition) is 0. The van der Waals surface area contributed by atoms with Crippen LogP contribution in [0.5, 0.6) is 5.75 Å². The molecule has 2 aromatic rings. The first-order chi connectivity index (χ1) is 8.77. The summed E-state index contributed by atoms with van der Waals surface area (Å²) in [6.07, 6.45) is 1.38. The molecule has 5 heteroatoms. The van der Waals surface area contributed by atoms with Gasteiger partial charge < -0.3 is 13.9 Å². The van der Waals surface area contributed by atoms with Crippen LogP contribution in [0.3, 0.4) is 0 Å². The van der Waals surface area contributed by atoms with Gasteiger partial charge in [-0.2, -0.15) is 0 Å². The van der Waals surface area contributed by atoms with E-state index in [2.05, 4.69) is 0 Å². The quantitative estimate of drug-likeness (QED) is 0.604. The average molecular weight is 250 g/mol. The Morgan fingerprint density at radius 2 is 2.00 bits per heavy atom. The number of esters is 1. The summed E-state index contributed by atoms with van der Waals surface area (Å²) < 4.78 is 28.0. The van der Waals surface area contributed by atoms with Gasteiger partial charge in [0, 0.05) is 0 Å². The van der Waals surface area contributed by atoms with Crippen LogP contribution in [0.15, 0.2) is 47.1 Å². The second-order valence-corrected chi connectivity index (χ2v) is 3.39. The minimum absolute atomic E-state index is 0.0217. The standard InChI is InChI=1S/C13H11FO4/c14-10-4-1-2-5-11(10)17-8-9-18-13(15)12-6-3-7-16-12/h1-7H,8-9H2. The molecule has 2 rings (SSSR count). The van der Waals surface area contributed by atoms with Crippen molar-refractivity contribution in [3.05, 3.63) is 54.2 Å². The molecular formula is C13H11FO4. The Hall–Kier alpha value is -2.30. The average Bonchev–Trinajstić information content (AvgIpc) is 2.90. The number of benzene rings is 1. The van der Waals surface area contributed by atoms with Gasteiger partial charge in [-0.05, 0) is 24.3 Å².